The maximum atomic E-state index is 12.4. The number of fused-ring (bicyclic) bond motifs is 1. The van der Waals surface area contributed by atoms with Crippen molar-refractivity contribution in [2.24, 2.45) is 0 Å². The van der Waals surface area contributed by atoms with Crippen molar-refractivity contribution < 1.29 is 0 Å². The molecule has 0 atom stereocenters. The first-order chi connectivity index (χ1) is 10.1. The van der Waals surface area contributed by atoms with Gasteiger partial charge in [0.15, 0.2) is 0 Å². The van der Waals surface area contributed by atoms with Crippen LogP contribution in [0.4, 0.5) is 0 Å². The van der Waals surface area contributed by atoms with E-state index in [1.165, 1.54) is 5.56 Å². The van der Waals surface area contributed by atoms with Gasteiger partial charge in [-0.3, -0.25) is 4.79 Å². The number of H-pyrrole nitrogens is 1. The van der Waals surface area contributed by atoms with Gasteiger partial charge in [0, 0.05) is 5.56 Å². The highest BCUT2D eigenvalue weighted by Crippen LogP contribution is 2.27. The molecule has 2 aromatic carbocycles. The van der Waals surface area contributed by atoms with E-state index in [0.29, 0.717) is 17.1 Å². The van der Waals surface area contributed by atoms with Gasteiger partial charge in [-0.2, -0.15) is 0 Å². The molecule has 3 rings (SSSR count). The van der Waals surface area contributed by atoms with E-state index in [4.69, 9.17) is 0 Å². The molecule has 106 valence electrons. The monoisotopic (exact) mass is 278 g/mol. The second kappa shape index (κ2) is 5.17. The number of hydrogen-bond donors (Lipinski definition) is 1. The second-order valence-electron chi connectivity index (χ2n) is 5.63. The van der Waals surface area contributed by atoms with E-state index in [-0.39, 0.29) is 5.56 Å². The van der Waals surface area contributed by atoms with Gasteiger partial charge in [0.25, 0.3) is 5.56 Å². The number of nitrogens with one attached hydrogen (secondary N) is 1. The molecule has 3 nitrogen and oxygen atoms in total. The van der Waals surface area contributed by atoms with Gasteiger partial charge in [0.1, 0.15) is 5.82 Å². The third-order valence-electron chi connectivity index (χ3n) is 3.78. The van der Waals surface area contributed by atoms with Crippen LogP contribution >= 0.6 is 0 Å². The summed E-state index contributed by atoms with van der Waals surface area (Å²) in [5.74, 6) is 1.02. The molecule has 0 aliphatic rings. The van der Waals surface area contributed by atoms with Gasteiger partial charge in [-0.25, -0.2) is 4.98 Å². The van der Waals surface area contributed by atoms with Crippen molar-refractivity contribution in [2.75, 3.05) is 0 Å². The topological polar surface area (TPSA) is 45.8 Å². The number of nitrogens with zero attached hydrogens (tertiary/aromatic N) is 1. The summed E-state index contributed by atoms with van der Waals surface area (Å²) in [6.07, 6.45) is 0. The number of aromatic amines is 1. The van der Waals surface area contributed by atoms with Crippen LogP contribution < -0.4 is 5.56 Å². The van der Waals surface area contributed by atoms with Gasteiger partial charge >= 0.3 is 0 Å². The molecule has 0 bridgehead atoms. The minimum absolute atomic E-state index is 0.0772. The molecular formula is C18H18N2O. The lowest BCUT2D eigenvalue weighted by Gasteiger charge is -2.12. The number of hydrogen-bond acceptors (Lipinski definition) is 2. The van der Waals surface area contributed by atoms with E-state index in [1.807, 2.05) is 43.3 Å². The van der Waals surface area contributed by atoms with Crippen LogP contribution in [-0.4, -0.2) is 9.97 Å². The van der Waals surface area contributed by atoms with E-state index >= 15 is 0 Å². The maximum Gasteiger partial charge on any atom is 0.259 e. The van der Waals surface area contributed by atoms with Gasteiger partial charge in [-0.15, -0.1) is 0 Å². The van der Waals surface area contributed by atoms with Crippen molar-refractivity contribution in [1.29, 1.82) is 0 Å². The molecule has 0 saturated carbocycles. The molecule has 1 aromatic heterocycles. The fraction of sp³-hybridized carbons (Fsp3) is 0.222. The first-order valence-electron chi connectivity index (χ1n) is 7.17. The molecule has 21 heavy (non-hydrogen) atoms. The van der Waals surface area contributed by atoms with Crippen LogP contribution in [0.5, 0.6) is 0 Å². The predicted octanol–water partition coefficient (Wildman–Crippen LogP) is 4.02. The second-order valence-corrected chi connectivity index (χ2v) is 5.63. The van der Waals surface area contributed by atoms with Gasteiger partial charge in [0.2, 0.25) is 0 Å². The average molecular weight is 278 g/mol. The molecule has 0 amide bonds. The van der Waals surface area contributed by atoms with Crippen LogP contribution in [0.1, 0.15) is 30.9 Å². The van der Waals surface area contributed by atoms with E-state index in [1.54, 1.807) is 0 Å². The number of benzene rings is 2. The number of aryl methyl sites for hydroxylation is 1. The Morgan fingerprint density at radius 1 is 1.05 bits per heavy atom. The van der Waals surface area contributed by atoms with Crippen molar-refractivity contribution in [3.63, 3.8) is 0 Å². The van der Waals surface area contributed by atoms with Gasteiger partial charge in [-0.1, -0.05) is 50.2 Å². The summed E-state index contributed by atoms with van der Waals surface area (Å²) in [6.45, 7) is 6.21. The zero-order valence-electron chi connectivity index (χ0n) is 12.5. The highest BCUT2D eigenvalue weighted by molar-refractivity contribution is 5.82. The smallest absolute Gasteiger partial charge is 0.259 e. The summed E-state index contributed by atoms with van der Waals surface area (Å²) in [5.41, 5.74) is 3.80. The molecule has 3 aromatic rings. The highest BCUT2D eigenvalue weighted by Gasteiger charge is 2.12. The molecular weight excluding hydrogens is 260 g/mol. The van der Waals surface area contributed by atoms with Crippen molar-refractivity contribution in [3.8, 4) is 11.4 Å². The Kier molecular flexibility index (Phi) is 3.34. The van der Waals surface area contributed by atoms with Crippen LogP contribution in [0.25, 0.3) is 22.3 Å². The summed E-state index contributed by atoms with van der Waals surface area (Å²) in [6, 6.07) is 13.8. The molecule has 0 saturated heterocycles. The quantitative estimate of drug-likeness (QED) is 0.769. The van der Waals surface area contributed by atoms with E-state index in [2.05, 4.69) is 29.9 Å². The Balaban J connectivity index is 2.30. The first-order valence-corrected chi connectivity index (χ1v) is 7.17. The van der Waals surface area contributed by atoms with E-state index < -0.39 is 0 Å². The SMILES string of the molecule is Cc1cccc2nc(-c3ccccc3C(C)C)[nH]c(=O)c12. The largest absolute Gasteiger partial charge is 0.306 e. The lowest BCUT2D eigenvalue weighted by atomic mass is 9.96. The van der Waals surface area contributed by atoms with Crippen LogP contribution in [0.2, 0.25) is 0 Å². The number of aromatic nitrogens is 2. The van der Waals surface area contributed by atoms with Crippen LogP contribution in [0.3, 0.4) is 0 Å². The highest BCUT2D eigenvalue weighted by atomic mass is 16.1. The number of rotatable bonds is 2. The van der Waals surface area contributed by atoms with Crippen molar-refractivity contribution in [1.82, 2.24) is 9.97 Å². The minimum atomic E-state index is -0.0772. The van der Waals surface area contributed by atoms with Crippen molar-refractivity contribution >= 4 is 10.9 Å². The Morgan fingerprint density at radius 2 is 1.81 bits per heavy atom. The predicted molar refractivity (Wildman–Crippen MR) is 86.6 cm³/mol. The third-order valence-corrected chi connectivity index (χ3v) is 3.78. The maximum absolute atomic E-state index is 12.4. The summed E-state index contributed by atoms with van der Waals surface area (Å²) in [5, 5.41) is 0.670. The van der Waals surface area contributed by atoms with Gasteiger partial charge in [0.05, 0.1) is 10.9 Å². The molecule has 1 heterocycles. The third kappa shape index (κ3) is 2.35. The van der Waals surface area contributed by atoms with Crippen molar-refractivity contribution in [2.45, 2.75) is 26.7 Å². The van der Waals surface area contributed by atoms with E-state index in [9.17, 15) is 4.79 Å². The summed E-state index contributed by atoms with van der Waals surface area (Å²) in [4.78, 5) is 20.0. The fourth-order valence-corrected chi connectivity index (χ4v) is 2.70. The fourth-order valence-electron chi connectivity index (χ4n) is 2.70. The van der Waals surface area contributed by atoms with E-state index in [0.717, 1.165) is 16.6 Å². The molecule has 0 radical (unpaired) electrons. The van der Waals surface area contributed by atoms with Gasteiger partial charge < -0.3 is 4.98 Å². The molecule has 3 heteroatoms. The normalized spacial score (nSPS) is 11.2. The standard InChI is InChI=1S/C18H18N2O/c1-11(2)13-8-4-5-9-14(13)17-19-15-10-6-7-12(3)16(15)18(21)20-17/h4-11H,1-3H3,(H,19,20,21). The minimum Gasteiger partial charge on any atom is -0.306 e. The zero-order valence-corrected chi connectivity index (χ0v) is 12.5. The lowest BCUT2D eigenvalue weighted by molar-refractivity contribution is 0.866. The summed E-state index contributed by atoms with van der Waals surface area (Å²) >= 11 is 0. The van der Waals surface area contributed by atoms with Gasteiger partial charge in [-0.05, 0) is 30.0 Å². The Morgan fingerprint density at radius 3 is 2.57 bits per heavy atom. The van der Waals surface area contributed by atoms with Crippen molar-refractivity contribution in [3.05, 3.63) is 63.9 Å². The molecule has 1 N–H and O–H groups in total. The first kappa shape index (κ1) is 13.6. The van der Waals surface area contributed by atoms with Crippen LogP contribution in [-0.2, 0) is 0 Å². The molecule has 0 aliphatic carbocycles. The van der Waals surface area contributed by atoms with Crippen LogP contribution in [0, 0.1) is 6.92 Å². The van der Waals surface area contributed by atoms with Crippen LogP contribution in [0.15, 0.2) is 47.3 Å². The summed E-state index contributed by atoms with van der Waals surface area (Å²) < 4.78 is 0. The Labute approximate surface area is 123 Å². The average Bonchev–Trinajstić information content (AvgIpc) is 2.47. The summed E-state index contributed by atoms with van der Waals surface area (Å²) in [7, 11) is 0. The molecule has 0 aliphatic heterocycles. The lowest BCUT2D eigenvalue weighted by Crippen LogP contribution is -2.11. The molecule has 0 spiro atoms. The zero-order chi connectivity index (χ0) is 15.0. The Bertz CT molecular complexity index is 862. The molecule has 0 unspecified atom stereocenters. The Hall–Kier alpha value is -2.42. The molecule has 0 fully saturated rings.